The molecule has 2 aromatic heterocycles. The second-order valence-corrected chi connectivity index (χ2v) is 11.2. The molecule has 10 heteroatoms. The van der Waals surface area contributed by atoms with Gasteiger partial charge in [-0.3, -0.25) is 9.36 Å². The number of nitrogens with zero attached hydrogens (tertiary/aromatic N) is 2. The fourth-order valence-corrected chi connectivity index (χ4v) is 6.34. The van der Waals surface area contributed by atoms with Crippen LogP contribution in [-0.2, 0) is 14.3 Å². The number of furan rings is 1. The van der Waals surface area contributed by atoms with E-state index in [2.05, 4.69) is 0 Å². The van der Waals surface area contributed by atoms with E-state index in [-0.39, 0.29) is 17.7 Å². The summed E-state index contributed by atoms with van der Waals surface area (Å²) < 4.78 is 24.1. The Balaban J connectivity index is 1.53. The highest BCUT2D eigenvalue weighted by atomic mass is 32.1. The van der Waals surface area contributed by atoms with Crippen molar-refractivity contribution in [1.29, 1.82) is 0 Å². The van der Waals surface area contributed by atoms with Gasteiger partial charge in [0, 0.05) is 17.2 Å². The third kappa shape index (κ3) is 5.82. The van der Waals surface area contributed by atoms with Crippen LogP contribution in [0.4, 0.5) is 0 Å². The number of esters is 2. The van der Waals surface area contributed by atoms with Crippen LogP contribution in [0.2, 0.25) is 0 Å². The van der Waals surface area contributed by atoms with E-state index in [1.807, 2.05) is 61.5 Å². The number of fused-ring (bicyclic) bond motifs is 1. The zero-order valence-electron chi connectivity index (χ0n) is 25.4. The Morgan fingerprint density at radius 3 is 2.37 bits per heavy atom. The molecule has 1 atom stereocenters. The molecule has 0 bridgehead atoms. The summed E-state index contributed by atoms with van der Waals surface area (Å²) in [7, 11) is 1.32. The number of thiazole rings is 1. The van der Waals surface area contributed by atoms with Crippen molar-refractivity contribution < 1.29 is 28.2 Å². The number of ether oxygens (including phenoxy) is 3. The van der Waals surface area contributed by atoms with Crippen molar-refractivity contribution in [2.45, 2.75) is 19.9 Å². The van der Waals surface area contributed by atoms with Crippen molar-refractivity contribution in [1.82, 2.24) is 4.57 Å². The number of rotatable bonds is 9. The molecule has 0 radical (unpaired) electrons. The van der Waals surface area contributed by atoms with Crippen LogP contribution in [0.1, 0.15) is 47.1 Å². The fraction of sp³-hybridized carbons (Fsp3) is 0.167. The fourth-order valence-electron chi connectivity index (χ4n) is 5.36. The van der Waals surface area contributed by atoms with Gasteiger partial charge in [0.1, 0.15) is 17.3 Å². The summed E-state index contributed by atoms with van der Waals surface area (Å²) in [5.41, 5.74) is 2.70. The van der Waals surface area contributed by atoms with Gasteiger partial charge in [-0.1, -0.05) is 72.0 Å². The quantitative estimate of drug-likeness (QED) is 0.200. The van der Waals surface area contributed by atoms with Gasteiger partial charge in [0.25, 0.3) is 5.56 Å². The van der Waals surface area contributed by atoms with Gasteiger partial charge in [0.05, 0.1) is 47.7 Å². The van der Waals surface area contributed by atoms with E-state index in [0.717, 1.165) is 5.56 Å². The van der Waals surface area contributed by atoms with Gasteiger partial charge in [-0.25, -0.2) is 14.6 Å². The summed E-state index contributed by atoms with van der Waals surface area (Å²) in [6.07, 6.45) is 1.64. The Morgan fingerprint density at radius 1 is 0.913 bits per heavy atom. The largest absolute Gasteiger partial charge is 0.494 e. The second kappa shape index (κ2) is 13.3. The predicted octanol–water partition coefficient (Wildman–Crippen LogP) is 5.38. The first-order valence-electron chi connectivity index (χ1n) is 14.7. The van der Waals surface area contributed by atoms with Gasteiger partial charge in [0.2, 0.25) is 0 Å². The highest BCUT2D eigenvalue weighted by molar-refractivity contribution is 7.07. The highest BCUT2D eigenvalue weighted by Crippen LogP contribution is 2.36. The van der Waals surface area contributed by atoms with Crippen LogP contribution in [0.5, 0.6) is 5.75 Å². The van der Waals surface area contributed by atoms with Crippen LogP contribution in [0.15, 0.2) is 111 Å². The normalized spacial score (nSPS) is 14.4. The Bertz CT molecular complexity index is 2120. The molecule has 0 N–H and O–H groups in total. The standard InChI is InChI=1S/C36H30N2O7S/c1-4-43-24-17-15-23(16-18-24)32-30(35(41)44-5-2)31(22-11-7-6-8-12-22)37-36-38(32)33(39)29(46-36)21-25-19-20-28(45-25)26-13-9-10-14-27(26)34(40)42-3/h6-21,32H,4-5H2,1-3H3/b29-21-/t32-/m1/s1. The Hall–Kier alpha value is -5.48. The smallest absolute Gasteiger partial charge is 0.338 e. The van der Waals surface area contributed by atoms with Gasteiger partial charge in [-0.05, 0) is 49.7 Å². The first-order chi connectivity index (χ1) is 22.4. The number of benzene rings is 3. The topological polar surface area (TPSA) is 109 Å². The van der Waals surface area contributed by atoms with E-state index in [0.29, 0.717) is 55.6 Å². The molecule has 232 valence electrons. The molecule has 0 aliphatic carbocycles. The minimum Gasteiger partial charge on any atom is -0.494 e. The van der Waals surface area contributed by atoms with Gasteiger partial charge in [-0.2, -0.15) is 0 Å². The highest BCUT2D eigenvalue weighted by Gasteiger charge is 2.35. The first-order valence-corrected chi connectivity index (χ1v) is 15.5. The molecular formula is C36H30N2O7S. The second-order valence-electron chi connectivity index (χ2n) is 10.2. The molecule has 0 saturated heterocycles. The van der Waals surface area contributed by atoms with E-state index in [1.165, 1.54) is 23.0 Å². The van der Waals surface area contributed by atoms with E-state index >= 15 is 0 Å². The monoisotopic (exact) mass is 634 g/mol. The van der Waals surface area contributed by atoms with Crippen molar-refractivity contribution in [2.75, 3.05) is 20.3 Å². The Labute approximate surface area is 268 Å². The van der Waals surface area contributed by atoms with E-state index < -0.39 is 18.0 Å². The summed E-state index contributed by atoms with van der Waals surface area (Å²) in [6, 6.07) is 26.3. The van der Waals surface area contributed by atoms with E-state index in [1.54, 1.807) is 49.4 Å². The summed E-state index contributed by atoms with van der Waals surface area (Å²) >= 11 is 1.19. The molecule has 46 heavy (non-hydrogen) atoms. The number of carbonyl (C=O) groups excluding carboxylic acids is 2. The lowest BCUT2D eigenvalue weighted by Gasteiger charge is -2.26. The molecule has 5 aromatic rings. The van der Waals surface area contributed by atoms with Crippen molar-refractivity contribution in [2.24, 2.45) is 4.99 Å². The molecule has 0 spiro atoms. The van der Waals surface area contributed by atoms with Crippen molar-refractivity contribution >= 4 is 35.0 Å². The molecule has 1 aliphatic heterocycles. The summed E-state index contributed by atoms with van der Waals surface area (Å²) in [6.45, 7) is 4.30. The van der Waals surface area contributed by atoms with Gasteiger partial charge in [-0.15, -0.1) is 0 Å². The van der Waals surface area contributed by atoms with Gasteiger partial charge >= 0.3 is 11.9 Å². The SMILES string of the molecule is CCOC(=O)C1=C(c2ccccc2)N=c2s/c(=C\c3ccc(-c4ccccc4C(=O)OC)o3)c(=O)n2[C@@H]1c1ccc(OCC)cc1. The number of methoxy groups -OCH3 is 1. The van der Waals surface area contributed by atoms with E-state index in [4.69, 9.17) is 23.6 Å². The zero-order valence-corrected chi connectivity index (χ0v) is 26.2. The number of hydrogen-bond acceptors (Lipinski definition) is 9. The maximum Gasteiger partial charge on any atom is 0.338 e. The zero-order chi connectivity index (χ0) is 32.2. The summed E-state index contributed by atoms with van der Waals surface area (Å²) in [4.78, 5) is 45.5. The third-order valence-electron chi connectivity index (χ3n) is 7.38. The van der Waals surface area contributed by atoms with Crippen LogP contribution in [0, 0.1) is 0 Å². The first kappa shape index (κ1) is 30.5. The molecular weight excluding hydrogens is 604 g/mol. The lowest BCUT2D eigenvalue weighted by Crippen LogP contribution is -2.40. The summed E-state index contributed by atoms with van der Waals surface area (Å²) in [5, 5.41) is 0. The van der Waals surface area contributed by atoms with Crippen molar-refractivity contribution in [3.05, 3.63) is 139 Å². The van der Waals surface area contributed by atoms with Crippen LogP contribution in [-0.4, -0.2) is 36.8 Å². The number of carbonyl (C=O) groups is 2. The molecule has 0 unspecified atom stereocenters. The lowest BCUT2D eigenvalue weighted by atomic mass is 9.93. The lowest BCUT2D eigenvalue weighted by molar-refractivity contribution is -0.138. The molecule has 0 fully saturated rings. The van der Waals surface area contributed by atoms with Crippen LogP contribution in [0.3, 0.4) is 0 Å². The minimum atomic E-state index is -0.817. The summed E-state index contributed by atoms with van der Waals surface area (Å²) in [5.74, 6) is 0.487. The molecule has 9 nitrogen and oxygen atoms in total. The molecule has 6 rings (SSSR count). The van der Waals surface area contributed by atoms with Gasteiger partial charge in [0.15, 0.2) is 4.80 Å². The third-order valence-corrected chi connectivity index (χ3v) is 8.36. The molecule has 0 amide bonds. The average Bonchev–Trinajstić information content (AvgIpc) is 3.68. The molecule has 0 saturated carbocycles. The van der Waals surface area contributed by atoms with Gasteiger partial charge < -0.3 is 18.6 Å². The van der Waals surface area contributed by atoms with Crippen LogP contribution in [0.25, 0.3) is 23.1 Å². The van der Waals surface area contributed by atoms with Crippen LogP contribution < -0.4 is 19.6 Å². The Morgan fingerprint density at radius 2 is 1.65 bits per heavy atom. The predicted molar refractivity (Wildman–Crippen MR) is 174 cm³/mol. The molecule has 3 aromatic carbocycles. The van der Waals surface area contributed by atoms with Crippen molar-refractivity contribution in [3.8, 4) is 17.1 Å². The molecule has 1 aliphatic rings. The van der Waals surface area contributed by atoms with Crippen molar-refractivity contribution in [3.63, 3.8) is 0 Å². The van der Waals surface area contributed by atoms with E-state index in [9.17, 15) is 14.4 Å². The maximum absolute atomic E-state index is 14.2. The maximum atomic E-state index is 14.2. The number of aromatic nitrogens is 1. The number of hydrogen-bond donors (Lipinski definition) is 0. The Kier molecular flexibility index (Phi) is 8.80. The minimum absolute atomic E-state index is 0.157. The average molecular weight is 635 g/mol. The molecule has 3 heterocycles. The van der Waals surface area contributed by atoms with Crippen LogP contribution >= 0.6 is 11.3 Å².